The number of amides is 2. The fourth-order valence-electron chi connectivity index (χ4n) is 2.41. The van der Waals surface area contributed by atoms with E-state index in [2.05, 4.69) is 10.6 Å². The molecule has 2 aromatic heterocycles. The lowest BCUT2D eigenvalue weighted by molar-refractivity contribution is -0.124. The van der Waals surface area contributed by atoms with Crippen LogP contribution in [0.25, 0.3) is 0 Å². The van der Waals surface area contributed by atoms with Crippen LogP contribution in [0.5, 0.6) is 0 Å². The van der Waals surface area contributed by atoms with E-state index >= 15 is 0 Å². The summed E-state index contributed by atoms with van der Waals surface area (Å²) in [6, 6.07) is 14.6. The molecule has 6 nitrogen and oxygen atoms in total. The highest BCUT2D eigenvalue weighted by Crippen LogP contribution is 2.23. The SMILES string of the molecule is O=C(COC(=O)c1ccccc1SCC(=O)NCc1cccs1)NCc1cccs1. The number of nitrogens with one attached hydrogen (secondary N) is 2. The predicted molar refractivity (Wildman–Crippen MR) is 120 cm³/mol. The van der Waals surface area contributed by atoms with Crippen LogP contribution in [-0.4, -0.2) is 30.1 Å². The average Bonchev–Trinajstić information content (AvgIpc) is 3.47. The number of esters is 1. The van der Waals surface area contributed by atoms with E-state index in [1.807, 2.05) is 35.0 Å². The molecule has 0 radical (unpaired) electrons. The largest absolute Gasteiger partial charge is 0.452 e. The summed E-state index contributed by atoms with van der Waals surface area (Å²) in [5.41, 5.74) is 0.333. The van der Waals surface area contributed by atoms with Crippen LogP contribution in [0.4, 0.5) is 0 Å². The Bertz CT molecular complexity index is 972. The maximum absolute atomic E-state index is 12.4. The van der Waals surface area contributed by atoms with Gasteiger partial charge >= 0.3 is 5.97 Å². The van der Waals surface area contributed by atoms with Gasteiger partial charge in [-0.25, -0.2) is 4.79 Å². The second-order valence-corrected chi connectivity index (χ2v) is 9.15. The van der Waals surface area contributed by atoms with E-state index in [1.165, 1.54) is 11.8 Å². The van der Waals surface area contributed by atoms with E-state index in [4.69, 9.17) is 4.74 Å². The van der Waals surface area contributed by atoms with Crippen molar-refractivity contribution >= 4 is 52.2 Å². The predicted octanol–water partition coefficient (Wildman–Crippen LogP) is 3.69. The van der Waals surface area contributed by atoms with Crippen molar-refractivity contribution < 1.29 is 19.1 Å². The third kappa shape index (κ3) is 7.01. The molecule has 1 aromatic carbocycles. The van der Waals surface area contributed by atoms with Gasteiger partial charge in [0.1, 0.15) is 0 Å². The fraction of sp³-hybridized carbons (Fsp3) is 0.190. The maximum atomic E-state index is 12.4. The summed E-state index contributed by atoms with van der Waals surface area (Å²) in [5, 5.41) is 9.45. The van der Waals surface area contributed by atoms with E-state index in [0.29, 0.717) is 23.5 Å². The van der Waals surface area contributed by atoms with Crippen molar-refractivity contribution in [3.8, 4) is 0 Å². The van der Waals surface area contributed by atoms with Gasteiger partial charge in [-0.1, -0.05) is 24.3 Å². The standard InChI is InChI=1S/C21H20N2O4S3/c24-19(22-11-15-5-3-9-28-15)13-27-21(26)17-7-1-2-8-18(17)30-14-20(25)23-12-16-6-4-10-29-16/h1-10H,11-14H2,(H,22,24)(H,23,25). The van der Waals surface area contributed by atoms with Gasteiger partial charge in [-0.15, -0.1) is 34.4 Å². The van der Waals surface area contributed by atoms with Crippen molar-refractivity contribution in [3.63, 3.8) is 0 Å². The van der Waals surface area contributed by atoms with Crippen LogP contribution in [0.15, 0.2) is 64.2 Å². The third-order valence-electron chi connectivity index (χ3n) is 3.88. The molecule has 0 aliphatic heterocycles. The first kappa shape index (κ1) is 22.1. The molecule has 0 atom stereocenters. The van der Waals surface area contributed by atoms with Gasteiger partial charge in [-0.05, 0) is 35.0 Å². The second kappa shape index (κ2) is 11.5. The maximum Gasteiger partial charge on any atom is 0.339 e. The molecule has 9 heteroatoms. The minimum atomic E-state index is -0.594. The Kier molecular flexibility index (Phi) is 8.49. The van der Waals surface area contributed by atoms with Gasteiger partial charge in [0.05, 0.1) is 24.4 Å². The van der Waals surface area contributed by atoms with Crippen LogP contribution in [0.1, 0.15) is 20.1 Å². The molecule has 0 saturated carbocycles. The molecule has 30 heavy (non-hydrogen) atoms. The lowest BCUT2D eigenvalue weighted by atomic mass is 10.2. The van der Waals surface area contributed by atoms with Crippen molar-refractivity contribution in [2.75, 3.05) is 12.4 Å². The van der Waals surface area contributed by atoms with Crippen molar-refractivity contribution in [2.45, 2.75) is 18.0 Å². The van der Waals surface area contributed by atoms with Gasteiger partial charge in [-0.2, -0.15) is 0 Å². The number of carbonyl (C=O) groups is 3. The highest BCUT2D eigenvalue weighted by molar-refractivity contribution is 8.00. The zero-order valence-electron chi connectivity index (χ0n) is 16.0. The summed E-state index contributed by atoms with van der Waals surface area (Å²) >= 11 is 4.38. The Morgan fingerprint density at radius 3 is 2.10 bits per heavy atom. The molecule has 0 spiro atoms. The van der Waals surface area contributed by atoms with E-state index in [1.54, 1.807) is 46.9 Å². The summed E-state index contributed by atoms with van der Waals surface area (Å²) in [7, 11) is 0. The second-order valence-electron chi connectivity index (χ2n) is 6.07. The third-order valence-corrected chi connectivity index (χ3v) is 6.71. The number of hydrogen-bond acceptors (Lipinski definition) is 7. The molecule has 3 rings (SSSR count). The number of ether oxygens (including phenoxy) is 1. The number of benzene rings is 1. The summed E-state index contributed by atoms with van der Waals surface area (Å²) < 4.78 is 5.14. The molecule has 0 aliphatic carbocycles. The van der Waals surface area contributed by atoms with Gasteiger partial charge in [0.25, 0.3) is 5.91 Å². The smallest absolute Gasteiger partial charge is 0.339 e. The van der Waals surface area contributed by atoms with Crippen molar-refractivity contribution in [1.82, 2.24) is 10.6 Å². The average molecular weight is 461 g/mol. The first-order valence-corrected chi connectivity index (χ1v) is 11.8. The molecule has 0 unspecified atom stereocenters. The Morgan fingerprint density at radius 2 is 1.47 bits per heavy atom. The van der Waals surface area contributed by atoms with E-state index in [9.17, 15) is 14.4 Å². The van der Waals surface area contributed by atoms with Gasteiger partial charge in [-0.3, -0.25) is 9.59 Å². The van der Waals surface area contributed by atoms with Crippen LogP contribution < -0.4 is 10.6 Å². The number of rotatable bonds is 10. The molecule has 2 heterocycles. The Morgan fingerprint density at radius 1 is 0.833 bits per heavy atom. The number of carbonyl (C=O) groups excluding carboxylic acids is 3. The molecular formula is C21H20N2O4S3. The van der Waals surface area contributed by atoms with E-state index in [-0.39, 0.29) is 24.2 Å². The molecule has 0 aliphatic rings. The van der Waals surface area contributed by atoms with Crippen molar-refractivity contribution in [3.05, 3.63) is 74.6 Å². The molecule has 3 aromatic rings. The van der Waals surface area contributed by atoms with Crippen LogP contribution >= 0.6 is 34.4 Å². The minimum absolute atomic E-state index is 0.121. The van der Waals surface area contributed by atoms with Crippen LogP contribution in [0.2, 0.25) is 0 Å². The highest BCUT2D eigenvalue weighted by atomic mass is 32.2. The number of thiophene rings is 2. The molecule has 156 valence electrons. The molecular weight excluding hydrogens is 440 g/mol. The fourth-order valence-corrected chi connectivity index (χ4v) is 4.57. The van der Waals surface area contributed by atoms with Gasteiger partial charge in [0, 0.05) is 14.6 Å². The lowest BCUT2D eigenvalue weighted by Gasteiger charge is -2.10. The molecule has 2 N–H and O–H groups in total. The first-order valence-electron chi connectivity index (χ1n) is 9.09. The minimum Gasteiger partial charge on any atom is -0.452 e. The van der Waals surface area contributed by atoms with E-state index in [0.717, 1.165) is 9.75 Å². The summed E-state index contributed by atoms with van der Waals surface area (Å²) in [5.74, 6) is -0.903. The van der Waals surface area contributed by atoms with Crippen LogP contribution in [0.3, 0.4) is 0 Å². The quantitative estimate of drug-likeness (QED) is 0.356. The van der Waals surface area contributed by atoms with E-state index < -0.39 is 5.97 Å². The topological polar surface area (TPSA) is 84.5 Å². The van der Waals surface area contributed by atoms with Crippen LogP contribution in [-0.2, 0) is 27.4 Å². The summed E-state index contributed by atoms with van der Waals surface area (Å²) in [6.07, 6.45) is 0. The van der Waals surface area contributed by atoms with Gasteiger partial charge < -0.3 is 15.4 Å². The normalized spacial score (nSPS) is 10.4. The van der Waals surface area contributed by atoms with Crippen molar-refractivity contribution in [1.29, 1.82) is 0 Å². The van der Waals surface area contributed by atoms with Gasteiger partial charge in [0.15, 0.2) is 6.61 Å². The zero-order valence-corrected chi connectivity index (χ0v) is 18.4. The van der Waals surface area contributed by atoms with Gasteiger partial charge in [0.2, 0.25) is 5.91 Å². The molecule has 0 saturated heterocycles. The Balaban J connectivity index is 1.45. The zero-order chi connectivity index (χ0) is 21.2. The summed E-state index contributed by atoms with van der Waals surface area (Å²) in [6.45, 7) is 0.535. The van der Waals surface area contributed by atoms with Crippen LogP contribution in [0, 0.1) is 0 Å². The number of hydrogen-bond donors (Lipinski definition) is 2. The molecule has 0 fully saturated rings. The molecule has 0 bridgehead atoms. The monoisotopic (exact) mass is 460 g/mol. The lowest BCUT2D eigenvalue weighted by Crippen LogP contribution is -2.28. The Hall–Kier alpha value is -2.62. The molecule has 2 amide bonds. The number of thioether (sulfide) groups is 1. The highest BCUT2D eigenvalue weighted by Gasteiger charge is 2.15. The Labute approximate surface area is 186 Å². The van der Waals surface area contributed by atoms with Crippen molar-refractivity contribution in [2.24, 2.45) is 0 Å². The first-order chi connectivity index (χ1) is 14.6. The summed E-state index contributed by atoms with van der Waals surface area (Å²) in [4.78, 5) is 39.1.